The van der Waals surface area contributed by atoms with E-state index in [0.29, 0.717) is 6.54 Å². The molecule has 3 unspecified atom stereocenters. The van der Waals surface area contributed by atoms with Gasteiger partial charge in [-0.1, -0.05) is 175 Å². The van der Waals surface area contributed by atoms with Gasteiger partial charge in [-0.05, 0) is 135 Å². The Kier molecular flexibility index (Phi) is 16.9. The molecule has 2 aromatic rings. The van der Waals surface area contributed by atoms with Crippen molar-refractivity contribution in [3.63, 3.8) is 0 Å². The van der Waals surface area contributed by atoms with Gasteiger partial charge in [-0.2, -0.15) is 0 Å². The molecular weight excluding hydrogens is 768 g/mol. The standard InChI is InChI=1S/C58H82BN2S/c1-19-23-28-41(5)42(37-43(21-3)54(6,7)8)40-60-35-31-45(27-20-2)61(36-32-48(56(12,13)14)47(22-4)55(9,10)11)52-46-38-49-50(58(17,18)34-33-57(49,15)16)39-51(46)62-53(52)59-44-29-25-24-26-30-44/h19-23,25,28-32,35-39,45,47-48,60H,1-2,4-5,24,26-27,33-34,40H2,3,6-18H3/b28-23-,35-31+,36-32+,42-37+,43-21+. The second-order valence-electron chi connectivity index (χ2n) is 22.2. The summed E-state index contributed by atoms with van der Waals surface area (Å²) >= 11 is 1.94. The molecule has 0 spiro atoms. The van der Waals surface area contributed by atoms with Crippen LogP contribution in [0.3, 0.4) is 0 Å². The van der Waals surface area contributed by atoms with Crippen LogP contribution >= 0.6 is 11.3 Å². The molecule has 1 heterocycles. The topological polar surface area (TPSA) is 15.3 Å². The largest absolute Gasteiger partial charge is 0.387 e. The summed E-state index contributed by atoms with van der Waals surface area (Å²) < 4.78 is 2.63. The van der Waals surface area contributed by atoms with Crippen molar-refractivity contribution in [2.24, 2.45) is 28.1 Å². The summed E-state index contributed by atoms with van der Waals surface area (Å²) in [7, 11) is 2.44. The molecule has 0 saturated carbocycles. The van der Waals surface area contributed by atoms with Gasteiger partial charge in [-0.25, -0.2) is 0 Å². The smallest absolute Gasteiger partial charge is 0.207 e. The second-order valence-corrected chi connectivity index (χ2v) is 23.3. The van der Waals surface area contributed by atoms with E-state index in [2.05, 4.69) is 220 Å². The summed E-state index contributed by atoms with van der Waals surface area (Å²) in [5.41, 5.74) is 9.17. The normalized spacial score (nSPS) is 18.7. The zero-order valence-electron chi connectivity index (χ0n) is 41.5. The summed E-state index contributed by atoms with van der Waals surface area (Å²) in [4.78, 5) is 2.58. The zero-order chi connectivity index (χ0) is 46.3. The highest BCUT2D eigenvalue weighted by Gasteiger charge is 2.39. The first-order valence-corrected chi connectivity index (χ1v) is 24.0. The van der Waals surface area contributed by atoms with Gasteiger partial charge in [0.25, 0.3) is 0 Å². The van der Waals surface area contributed by atoms with Gasteiger partial charge in [-0.15, -0.1) is 24.5 Å². The van der Waals surface area contributed by atoms with Gasteiger partial charge in [0.05, 0.1) is 11.7 Å². The molecule has 2 aliphatic rings. The van der Waals surface area contributed by atoms with Gasteiger partial charge in [0.15, 0.2) is 0 Å². The van der Waals surface area contributed by atoms with Crippen molar-refractivity contribution in [1.29, 1.82) is 0 Å². The summed E-state index contributed by atoms with van der Waals surface area (Å²) in [6.45, 7) is 50.5. The molecule has 333 valence electrons. The highest BCUT2D eigenvalue weighted by Crippen LogP contribution is 2.49. The summed E-state index contributed by atoms with van der Waals surface area (Å²) in [6.07, 6.45) is 36.3. The molecule has 1 aromatic carbocycles. The molecule has 1 N–H and O–H groups in total. The number of hydrogen-bond acceptors (Lipinski definition) is 3. The van der Waals surface area contributed by atoms with Crippen LogP contribution in [0.1, 0.15) is 140 Å². The van der Waals surface area contributed by atoms with Crippen molar-refractivity contribution in [3.05, 3.63) is 157 Å². The maximum Gasteiger partial charge on any atom is 0.207 e. The van der Waals surface area contributed by atoms with Crippen molar-refractivity contribution >= 4 is 39.2 Å². The molecule has 0 amide bonds. The Morgan fingerprint density at radius 3 is 2.08 bits per heavy atom. The fraction of sp³-hybridized carbons (Fsp3) is 0.483. The lowest BCUT2D eigenvalue weighted by Gasteiger charge is -2.42. The first-order valence-electron chi connectivity index (χ1n) is 23.2. The number of rotatable bonds is 18. The van der Waals surface area contributed by atoms with Crippen LogP contribution in [0.2, 0.25) is 0 Å². The maximum absolute atomic E-state index is 4.46. The highest BCUT2D eigenvalue weighted by molar-refractivity contribution is 7.28. The average Bonchev–Trinajstić information content (AvgIpc) is 3.52. The monoisotopic (exact) mass is 850 g/mol. The van der Waals surface area contributed by atoms with E-state index in [0.717, 1.165) is 30.4 Å². The minimum absolute atomic E-state index is 0.00169. The Hall–Kier alpha value is -4.02. The summed E-state index contributed by atoms with van der Waals surface area (Å²) in [6, 6.07) is 5.10. The van der Waals surface area contributed by atoms with E-state index in [-0.39, 0.29) is 45.0 Å². The summed E-state index contributed by atoms with van der Waals surface area (Å²) in [5, 5.41) is 5.03. The molecule has 0 aliphatic heterocycles. The fourth-order valence-electron chi connectivity index (χ4n) is 9.21. The third-order valence-corrected chi connectivity index (χ3v) is 14.3. The van der Waals surface area contributed by atoms with Gasteiger partial charge in [0, 0.05) is 22.8 Å². The quantitative estimate of drug-likeness (QED) is 0.0913. The Bertz CT molecular complexity index is 2150. The van der Waals surface area contributed by atoms with Crippen molar-refractivity contribution in [2.45, 2.75) is 146 Å². The van der Waals surface area contributed by atoms with Gasteiger partial charge < -0.3 is 10.2 Å². The van der Waals surface area contributed by atoms with E-state index in [1.165, 1.54) is 55.6 Å². The minimum Gasteiger partial charge on any atom is -0.387 e. The number of thiophene rings is 1. The van der Waals surface area contributed by atoms with E-state index in [9.17, 15) is 0 Å². The maximum atomic E-state index is 4.46. The molecule has 4 heteroatoms. The molecule has 0 bridgehead atoms. The third-order valence-electron chi connectivity index (χ3n) is 13.2. The lowest BCUT2D eigenvalue weighted by Crippen LogP contribution is -2.36. The third kappa shape index (κ3) is 12.6. The molecule has 2 nitrogen and oxygen atoms in total. The van der Waals surface area contributed by atoms with Gasteiger partial charge >= 0.3 is 0 Å². The molecule has 2 aliphatic carbocycles. The lowest BCUT2D eigenvalue weighted by molar-refractivity contribution is 0.143. The van der Waals surface area contributed by atoms with E-state index in [1.54, 1.807) is 6.08 Å². The van der Waals surface area contributed by atoms with Crippen molar-refractivity contribution < 1.29 is 0 Å². The van der Waals surface area contributed by atoms with Crippen LogP contribution in [-0.4, -0.2) is 19.9 Å². The first kappa shape index (κ1) is 50.6. The van der Waals surface area contributed by atoms with Crippen LogP contribution < -0.4 is 15.0 Å². The first-order chi connectivity index (χ1) is 28.9. The summed E-state index contributed by atoms with van der Waals surface area (Å²) in [5.74, 6) is 0.519. The molecule has 0 fully saturated rings. The number of hydrogen-bond donors (Lipinski definition) is 1. The number of nitrogens with one attached hydrogen (secondary N) is 1. The average molecular weight is 850 g/mol. The van der Waals surface area contributed by atoms with E-state index >= 15 is 0 Å². The highest BCUT2D eigenvalue weighted by atomic mass is 32.1. The van der Waals surface area contributed by atoms with Gasteiger partial charge in [0.2, 0.25) is 7.28 Å². The SMILES string of the molecule is C=C/C=C\C(=C)/C(=C/C(=C\C)C(C)(C)C)CN/C=C/C(CC=C)N(/C=C/C(C(C=C)C(C)(C)C)C(C)(C)C)c1c([B]C2=CCCC=C2)sc2cc3c(cc12)C(C)(C)CCC3(C)C. The molecule has 62 heavy (non-hydrogen) atoms. The van der Waals surface area contributed by atoms with Crippen LogP contribution in [0, 0.1) is 28.1 Å². The zero-order valence-corrected chi connectivity index (χ0v) is 42.3. The number of benzene rings is 1. The van der Waals surface area contributed by atoms with E-state index in [4.69, 9.17) is 0 Å². The van der Waals surface area contributed by atoms with Crippen LogP contribution in [0.4, 0.5) is 5.69 Å². The van der Waals surface area contributed by atoms with Crippen molar-refractivity contribution in [2.75, 3.05) is 11.4 Å². The van der Waals surface area contributed by atoms with E-state index in [1.807, 2.05) is 23.5 Å². The number of nitrogens with zero attached hydrogens (tertiary/aromatic N) is 1. The Morgan fingerprint density at radius 1 is 0.903 bits per heavy atom. The van der Waals surface area contributed by atoms with Crippen LogP contribution in [0.25, 0.3) is 10.1 Å². The second kappa shape index (κ2) is 20.7. The van der Waals surface area contributed by atoms with Crippen molar-refractivity contribution in [1.82, 2.24) is 5.32 Å². The lowest BCUT2D eigenvalue weighted by atomic mass is 9.63. The van der Waals surface area contributed by atoms with Gasteiger partial charge in [0.1, 0.15) is 0 Å². The number of allylic oxidation sites excluding steroid dienone is 12. The predicted molar refractivity (Wildman–Crippen MR) is 282 cm³/mol. The molecule has 4 rings (SSSR count). The molecule has 3 atom stereocenters. The Morgan fingerprint density at radius 2 is 1.55 bits per heavy atom. The van der Waals surface area contributed by atoms with Crippen LogP contribution in [0.15, 0.2) is 146 Å². The molecular formula is C58H82BN2S. The number of anilines is 1. The van der Waals surface area contributed by atoms with E-state index < -0.39 is 0 Å². The molecule has 0 saturated heterocycles. The van der Waals surface area contributed by atoms with Gasteiger partial charge in [-0.3, -0.25) is 0 Å². The number of fused-ring (bicyclic) bond motifs is 2. The fourth-order valence-corrected chi connectivity index (χ4v) is 10.4. The van der Waals surface area contributed by atoms with Crippen LogP contribution in [0.5, 0.6) is 0 Å². The Labute approximate surface area is 385 Å². The van der Waals surface area contributed by atoms with Crippen molar-refractivity contribution in [3.8, 4) is 0 Å². The minimum atomic E-state index is -0.0213. The predicted octanol–water partition coefficient (Wildman–Crippen LogP) is 15.9. The molecule has 1 aromatic heterocycles. The molecule has 1 radical (unpaired) electrons. The van der Waals surface area contributed by atoms with Crippen LogP contribution in [-0.2, 0) is 10.8 Å². The Balaban J connectivity index is 2.00.